The van der Waals surface area contributed by atoms with Crippen LogP contribution in [-0.4, -0.2) is 12.6 Å². The molecule has 2 rings (SSSR count). The predicted molar refractivity (Wildman–Crippen MR) is 68.3 cm³/mol. The van der Waals surface area contributed by atoms with Gasteiger partial charge < -0.3 is 5.32 Å². The number of halogens is 2. The smallest absolute Gasteiger partial charge is 0.123 e. The zero-order chi connectivity index (χ0) is 10.5. The normalized spacial score (nSPS) is 19.9. The van der Waals surface area contributed by atoms with Crippen LogP contribution in [0.15, 0.2) is 30.3 Å². The minimum absolute atomic E-state index is 0. The molecule has 0 radical (unpaired) electrons. The molecule has 0 bridgehead atoms. The Morgan fingerprint density at radius 1 is 1.31 bits per heavy atom. The van der Waals surface area contributed by atoms with Crippen molar-refractivity contribution in [2.45, 2.75) is 25.3 Å². The Morgan fingerprint density at radius 3 is 2.69 bits per heavy atom. The van der Waals surface area contributed by atoms with Crippen LogP contribution in [0, 0.1) is 5.82 Å². The van der Waals surface area contributed by atoms with Gasteiger partial charge in [0.2, 0.25) is 0 Å². The summed E-state index contributed by atoms with van der Waals surface area (Å²) in [5, 5.41) is 3.44. The molecular formula is C13H17ClFN. The lowest BCUT2D eigenvalue weighted by molar-refractivity contribution is 0.615. The fourth-order valence-corrected chi connectivity index (χ4v) is 1.90. The van der Waals surface area contributed by atoms with Gasteiger partial charge in [-0.05, 0) is 43.5 Å². The molecule has 3 heteroatoms. The fraction of sp³-hybridized carbons (Fsp3) is 0.385. The van der Waals surface area contributed by atoms with E-state index in [0.717, 1.165) is 18.5 Å². The highest BCUT2D eigenvalue weighted by Crippen LogP contribution is 2.11. The summed E-state index contributed by atoms with van der Waals surface area (Å²) in [5.41, 5.74) is 1.06. The van der Waals surface area contributed by atoms with Crippen molar-refractivity contribution in [2.75, 3.05) is 6.54 Å². The lowest BCUT2D eigenvalue weighted by Gasteiger charge is -2.04. The first-order valence-corrected chi connectivity index (χ1v) is 5.50. The summed E-state index contributed by atoms with van der Waals surface area (Å²) in [5.74, 6) is -0.176. The average Bonchev–Trinajstić information content (AvgIpc) is 2.74. The zero-order valence-corrected chi connectivity index (χ0v) is 9.97. The van der Waals surface area contributed by atoms with Gasteiger partial charge in [0.05, 0.1) is 0 Å². The molecule has 1 aromatic rings. The van der Waals surface area contributed by atoms with Crippen molar-refractivity contribution in [3.63, 3.8) is 0 Å². The molecule has 1 aliphatic rings. The van der Waals surface area contributed by atoms with Crippen molar-refractivity contribution >= 4 is 18.5 Å². The SMILES string of the molecule is Cl.Fc1ccc(C=CCC2CCCN2)cc1. The number of benzene rings is 1. The lowest BCUT2D eigenvalue weighted by Crippen LogP contribution is -2.19. The monoisotopic (exact) mass is 241 g/mol. The highest BCUT2D eigenvalue weighted by Gasteiger charge is 2.11. The number of hydrogen-bond donors (Lipinski definition) is 1. The van der Waals surface area contributed by atoms with E-state index in [-0.39, 0.29) is 18.2 Å². The molecule has 1 atom stereocenters. The van der Waals surface area contributed by atoms with Crippen molar-refractivity contribution < 1.29 is 4.39 Å². The van der Waals surface area contributed by atoms with Gasteiger partial charge in [0.25, 0.3) is 0 Å². The Hall–Kier alpha value is -0.860. The molecule has 0 aromatic heterocycles. The van der Waals surface area contributed by atoms with Gasteiger partial charge in [0, 0.05) is 6.04 Å². The predicted octanol–water partition coefficient (Wildman–Crippen LogP) is 3.40. The third-order valence-corrected chi connectivity index (χ3v) is 2.76. The van der Waals surface area contributed by atoms with Gasteiger partial charge in [-0.25, -0.2) is 4.39 Å². The maximum atomic E-state index is 12.6. The third kappa shape index (κ3) is 3.95. The lowest BCUT2D eigenvalue weighted by atomic mass is 10.1. The van der Waals surface area contributed by atoms with Crippen LogP contribution in [0.25, 0.3) is 6.08 Å². The average molecular weight is 242 g/mol. The van der Waals surface area contributed by atoms with Gasteiger partial charge in [0.15, 0.2) is 0 Å². The minimum atomic E-state index is -0.176. The van der Waals surface area contributed by atoms with Crippen molar-refractivity contribution in [1.29, 1.82) is 0 Å². The summed E-state index contributed by atoms with van der Waals surface area (Å²) in [4.78, 5) is 0. The molecule has 0 amide bonds. The van der Waals surface area contributed by atoms with E-state index in [4.69, 9.17) is 0 Å². The molecule has 1 heterocycles. The summed E-state index contributed by atoms with van der Waals surface area (Å²) in [6.45, 7) is 1.15. The van der Waals surface area contributed by atoms with Crippen molar-refractivity contribution in [2.24, 2.45) is 0 Å². The molecule has 1 saturated heterocycles. The van der Waals surface area contributed by atoms with E-state index < -0.39 is 0 Å². The summed E-state index contributed by atoms with van der Waals surface area (Å²) >= 11 is 0. The van der Waals surface area contributed by atoms with Crippen molar-refractivity contribution in [3.8, 4) is 0 Å². The minimum Gasteiger partial charge on any atom is -0.314 e. The van der Waals surface area contributed by atoms with Crippen LogP contribution in [0.5, 0.6) is 0 Å². The highest BCUT2D eigenvalue weighted by molar-refractivity contribution is 5.85. The van der Waals surface area contributed by atoms with Crippen LogP contribution >= 0.6 is 12.4 Å². The van der Waals surface area contributed by atoms with Crippen molar-refractivity contribution in [1.82, 2.24) is 5.32 Å². The van der Waals surface area contributed by atoms with E-state index in [9.17, 15) is 4.39 Å². The second-order valence-electron chi connectivity index (χ2n) is 3.98. The molecular weight excluding hydrogens is 225 g/mol. The van der Waals surface area contributed by atoms with Crippen LogP contribution < -0.4 is 5.32 Å². The summed E-state index contributed by atoms with van der Waals surface area (Å²) in [6, 6.07) is 7.23. The highest BCUT2D eigenvalue weighted by atomic mass is 35.5. The first-order chi connectivity index (χ1) is 7.34. The van der Waals surface area contributed by atoms with Crippen LogP contribution in [-0.2, 0) is 0 Å². The maximum Gasteiger partial charge on any atom is 0.123 e. The van der Waals surface area contributed by atoms with E-state index in [2.05, 4.69) is 17.5 Å². The topological polar surface area (TPSA) is 12.0 Å². The van der Waals surface area contributed by atoms with E-state index in [1.165, 1.54) is 25.0 Å². The summed E-state index contributed by atoms with van der Waals surface area (Å²) < 4.78 is 12.6. The first-order valence-electron chi connectivity index (χ1n) is 5.50. The van der Waals surface area contributed by atoms with Gasteiger partial charge in [-0.1, -0.05) is 24.3 Å². The fourth-order valence-electron chi connectivity index (χ4n) is 1.90. The Balaban J connectivity index is 0.00000128. The largest absolute Gasteiger partial charge is 0.314 e. The first kappa shape index (κ1) is 13.2. The molecule has 1 unspecified atom stereocenters. The van der Waals surface area contributed by atoms with Gasteiger partial charge in [-0.15, -0.1) is 12.4 Å². The Kier molecular flexibility index (Phi) is 5.50. The summed E-state index contributed by atoms with van der Waals surface area (Å²) in [7, 11) is 0. The van der Waals surface area contributed by atoms with E-state index in [0.29, 0.717) is 6.04 Å². The number of hydrogen-bond acceptors (Lipinski definition) is 1. The van der Waals surface area contributed by atoms with Crippen LogP contribution in [0.2, 0.25) is 0 Å². The van der Waals surface area contributed by atoms with Crippen LogP contribution in [0.4, 0.5) is 4.39 Å². The Morgan fingerprint density at radius 2 is 2.06 bits per heavy atom. The number of rotatable bonds is 3. The third-order valence-electron chi connectivity index (χ3n) is 2.76. The second-order valence-corrected chi connectivity index (χ2v) is 3.98. The molecule has 0 spiro atoms. The number of nitrogens with one attached hydrogen (secondary N) is 1. The van der Waals surface area contributed by atoms with Gasteiger partial charge in [0.1, 0.15) is 5.82 Å². The molecule has 1 fully saturated rings. The maximum absolute atomic E-state index is 12.6. The van der Waals surface area contributed by atoms with E-state index in [1.807, 2.05) is 0 Å². The quantitative estimate of drug-likeness (QED) is 0.855. The molecule has 88 valence electrons. The summed E-state index contributed by atoms with van der Waals surface area (Å²) in [6.07, 6.45) is 7.84. The molecule has 1 aromatic carbocycles. The van der Waals surface area contributed by atoms with E-state index in [1.54, 1.807) is 12.1 Å². The molecule has 16 heavy (non-hydrogen) atoms. The van der Waals surface area contributed by atoms with Crippen LogP contribution in [0.3, 0.4) is 0 Å². The van der Waals surface area contributed by atoms with Gasteiger partial charge >= 0.3 is 0 Å². The molecule has 1 aliphatic heterocycles. The van der Waals surface area contributed by atoms with Gasteiger partial charge in [-0.3, -0.25) is 0 Å². The van der Waals surface area contributed by atoms with E-state index >= 15 is 0 Å². The van der Waals surface area contributed by atoms with Crippen LogP contribution in [0.1, 0.15) is 24.8 Å². The molecule has 1 nitrogen and oxygen atoms in total. The van der Waals surface area contributed by atoms with Gasteiger partial charge in [-0.2, -0.15) is 0 Å². The molecule has 1 N–H and O–H groups in total. The molecule has 0 aliphatic carbocycles. The Labute approximate surface area is 102 Å². The standard InChI is InChI=1S/C13H16FN.ClH/c14-12-8-6-11(7-9-12)3-1-4-13-5-2-10-15-13;/h1,3,6-9,13,15H,2,4-5,10H2;1H. The van der Waals surface area contributed by atoms with Crippen molar-refractivity contribution in [3.05, 3.63) is 41.7 Å². The molecule has 0 saturated carbocycles. The zero-order valence-electron chi connectivity index (χ0n) is 9.16. The Bertz CT molecular complexity index is 328. The second kappa shape index (κ2) is 6.66.